The lowest BCUT2D eigenvalue weighted by atomic mass is 10.3. The van der Waals surface area contributed by atoms with Crippen LogP contribution < -0.4 is 9.47 Å². The summed E-state index contributed by atoms with van der Waals surface area (Å²) in [5.41, 5.74) is 0. The van der Waals surface area contributed by atoms with E-state index in [1.165, 1.54) is 0 Å². The Morgan fingerprint density at radius 1 is 1.28 bits per heavy atom. The Morgan fingerprint density at radius 2 is 1.94 bits per heavy atom. The molecule has 7 heteroatoms. The van der Waals surface area contributed by atoms with Gasteiger partial charge < -0.3 is 9.47 Å². The summed E-state index contributed by atoms with van der Waals surface area (Å²) in [5, 5.41) is 0.0602. The van der Waals surface area contributed by atoms with E-state index in [-0.39, 0.29) is 16.4 Å². The predicted molar refractivity (Wildman–Crippen MR) is 71.6 cm³/mol. The first-order chi connectivity index (χ1) is 8.46. The first-order valence-electron chi connectivity index (χ1n) is 5.35. The SMILES string of the molecule is CC(C)Oc1ccccc1OC1=NS(=O)(=O)CS1. The van der Waals surface area contributed by atoms with Crippen molar-refractivity contribution in [3.8, 4) is 11.5 Å². The molecular formula is C11H13NO4S2. The minimum absolute atomic E-state index is 0.0108. The molecule has 0 aromatic heterocycles. The van der Waals surface area contributed by atoms with Gasteiger partial charge in [0.05, 0.1) is 6.10 Å². The number of hydrogen-bond donors (Lipinski definition) is 0. The average molecular weight is 287 g/mol. The normalized spacial score (nSPS) is 17.6. The van der Waals surface area contributed by atoms with E-state index in [0.29, 0.717) is 11.5 Å². The Labute approximate surface area is 110 Å². The van der Waals surface area contributed by atoms with Gasteiger partial charge in [0, 0.05) is 0 Å². The standard InChI is InChI=1S/C11H13NO4S2/c1-8(2)15-9-5-3-4-6-10(9)16-11-12-18(13,14)7-17-11/h3-6,8H,7H2,1-2H3. The molecular weight excluding hydrogens is 274 g/mol. The van der Waals surface area contributed by atoms with E-state index in [0.717, 1.165) is 11.8 Å². The highest BCUT2D eigenvalue weighted by Crippen LogP contribution is 2.30. The van der Waals surface area contributed by atoms with Gasteiger partial charge in [0.25, 0.3) is 15.3 Å². The third-order valence-corrected chi connectivity index (χ3v) is 4.60. The van der Waals surface area contributed by atoms with Gasteiger partial charge in [-0.3, -0.25) is 0 Å². The van der Waals surface area contributed by atoms with Gasteiger partial charge in [-0.2, -0.15) is 0 Å². The second-order valence-corrected chi connectivity index (χ2v) is 6.84. The predicted octanol–water partition coefficient (Wildman–Crippen LogP) is 2.24. The monoisotopic (exact) mass is 287 g/mol. The zero-order chi connectivity index (χ0) is 13.2. The second-order valence-electron chi connectivity index (χ2n) is 3.92. The maximum atomic E-state index is 11.2. The highest BCUT2D eigenvalue weighted by molar-refractivity contribution is 8.24. The van der Waals surface area contributed by atoms with Crippen LogP contribution in [0.3, 0.4) is 0 Å². The molecule has 5 nitrogen and oxygen atoms in total. The average Bonchev–Trinajstić information content (AvgIpc) is 2.60. The molecule has 98 valence electrons. The van der Waals surface area contributed by atoms with Crippen molar-refractivity contribution in [3.05, 3.63) is 24.3 Å². The second kappa shape index (κ2) is 5.19. The van der Waals surface area contributed by atoms with Crippen molar-refractivity contribution in [1.82, 2.24) is 0 Å². The molecule has 1 aromatic rings. The van der Waals surface area contributed by atoms with Gasteiger partial charge in [-0.05, 0) is 37.7 Å². The van der Waals surface area contributed by atoms with Gasteiger partial charge in [-0.15, -0.1) is 4.40 Å². The Morgan fingerprint density at radius 3 is 2.50 bits per heavy atom. The molecule has 0 bridgehead atoms. The largest absolute Gasteiger partial charge is 0.487 e. The quantitative estimate of drug-likeness (QED) is 0.853. The molecule has 0 atom stereocenters. The van der Waals surface area contributed by atoms with Crippen molar-refractivity contribution in [2.75, 3.05) is 5.08 Å². The zero-order valence-electron chi connectivity index (χ0n) is 9.99. The number of ether oxygens (including phenoxy) is 2. The fourth-order valence-corrected chi connectivity index (χ4v) is 3.49. The van der Waals surface area contributed by atoms with Gasteiger partial charge in [0.1, 0.15) is 5.08 Å². The number of sulfonamides is 1. The summed E-state index contributed by atoms with van der Waals surface area (Å²) in [5.74, 6) is 1.04. The van der Waals surface area contributed by atoms with E-state index in [4.69, 9.17) is 9.47 Å². The minimum atomic E-state index is -3.37. The van der Waals surface area contributed by atoms with E-state index >= 15 is 0 Å². The molecule has 1 aromatic carbocycles. The van der Waals surface area contributed by atoms with Crippen LogP contribution in [0.2, 0.25) is 0 Å². The summed E-state index contributed by atoms with van der Waals surface area (Å²) < 4.78 is 36.9. The molecule has 0 spiro atoms. The maximum absolute atomic E-state index is 11.2. The zero-order valence-corrected chi connectivity index (χ0v) is 11.6. The molecule has 1 heterocycles. The third kappa shape index (κ3) is 3.39. The van der Waals surface area contributed by atoms with Crippen LogP contribution in [-0.2, 0) is 10.0 Å². The summed E-state index contributed by atoms with van der Waals surface area (Å²) in [7, 11) is -3.37. The van der Waals surface area contributed by atoms with Crippen LogP contribution in [0.15, 0.2) is 28.7 Å². The highest BCUT2D eigenvalue weighted by atomic mass is 32.3. The van der Waals surface area contributed by atoms with Crippen molar-refractivity contribution in [2.45, 2.75) is 20.0 Å². The van der Waals surface area contributed by atoms with E-state index in [2.05, 4.69) is 4.40 Å². The lowest BCUT2D eigenvalue weighted by molar-refractivity contribution is 0.236. The van der Waals surface area contributed by atoms with Crippen LogP contribution in [0.4, 0.5) is 0 Å². The molecule has 0 fully saturated rings. The first-order valence-corrected chi connectivity index (χ1v) is 7.95. The number of hydrogen-bond acceptors (Lipinski definition) is 5. The summed E-state index contributed by atoms with van der Waals surface area (Å²) in [4.78, 5) is 0. The fraction of sp³-hybridized carbons (Fsp3) is 0.364. The summed E-state index contributed by atoms with van der Waals surface area (Å²) in [6.45, 7) is 3.81. The van der Waals surface area contributed by atoms with Crippen molar-refractivity contribution in [3.63, 3.8) is 0 Å². The number of rotatable bonds is 3. The molecule has 0 aliphatic carbocycles. The Balaban J connectivity index is 2.19. The van der Waals surface area contributed by atoms with Crippen molar-refractivity contribution >= 4 is 27.0 Å². The summed E-state index contributed by atoms with van der Waals surface area (Å²) in [6, 6.07) is 7.10. The van der Waals surface area contributed by atoms with Crippen LogP contribution in [0.1, 0.15) is 13.8 Å². The first kappa shape index (κ1) is 13.2. The fourth-order valence-electron chi connectivity index (χ4n) is 1.32. The number of benzene rings is 1. The molecule has 1 aliphatic rings. The third-order valence-electron chi connectivity index (χ3n) is 1.95. The van der Waals surface area contributed by atoms with Gasteiger partial charge in [-0.1, -0.05) is 12.1 Å². The van der Waals surface area contributed by atoms with Crippen molar-refractivity contribution in [2.24, 2.45) is 4.40 Å². The Kier molecular flexibility index (Phi) is 3.82. The van der Waals surface area contributed by atoms with Crippen molar-refractivity contribution < 1.29 is 17.9 Å². The lowest BCUT2D eigenvalue weighted by Crippen LogP contribution is -2.08. The van der Waals surface area contributed by atoms with Crippen molar-refractivity contribution in [1.29, 1.82) is 0 Å². The number of thioether (sulfide) groups is 1. The molecule has 0 unspecified atom stereocenters. The Hall–Kier alpha value is -1.21. The topological polar surface area (TPSA) is 65.0 Å². The molecule has 0 radical (unpaired) electrons. The van der Waals surface area contributed by atoms with Crippen LogP contribution in [0.25, 0.3) is 0 Å². The van der Waals surface area contributed by atoms with E-state index in [9.17, 15) is 8.42 Å². The number of nitrogens with zero attached hydrogens (tertiary/aromatic N) is 1. The van der Waals surface area contributed by atoms with Crippen LogP contribution in [0.5, 0.6) is 11.5 Å². The van der Waals surface area contributed by atoms with Crippen LogP contribution in [-0.4, -0.2) is 24.8 Å². The van der Waals surface area contributed by atoms with Gasteiger partial charge in [0.15, 0.2) is 11.5 Å². The smallest absolute Gasteiger partial charge is 0.268 e. The number of para-hydroxylation sites is 2. The summed E-state index contributed by atoms with van der Waals surface area (Å²) in [6.07, 6.45) is 0.0108. The highest BCUT2D eigenvalue weighted by Gasteiger charge is 2.23. The lowest BCUT2D eigenvalue weighted by Gasteiger charge is -2.13. The molecule has 0 saturated carbocycles. The molecule has 0 amide bonds. The van der Waals surface area contributed by atoms with E-state index in [1.54, 1.807) is 18.2 Å². The maximum Gasteiger partial charge on any atom is 0.268 e. The Bertz CT molecular complexity index is 566. The molecule has 2 rings (SSSR count). The minimum Gasteiger partial charge on any atom is -0.487 e. The van der Waals surface area contributed by atoms with Gasteiger partial charge in [0.2, 0.25) is 0 Å². The molecule has 1 aliphatic heterocycles. The molecule has 18 heavy (non-hydrogen) atoms. The van der Waals surface area contributed by atoms with Gasteiger partial charge in [-0.25, -0.2) is 8.42 Å². The van der Waals surface area contributed by atoms with E-state index < -0.39 is 10.0 Å². The van der Waals surface area contributed by atoms with E-state index in [1.807, 2.05) is 19.9 Å². The van der Waals surface area contributed by atoms with Crippen LogP contribution >= 0.6 is 11.8 Å². The molecule has 0 N–H and O–H groups in total. The molecule has 0 saturated heterocycles. The van der Waals surface area contributed by atoms with Gasteiger partial charge >= 0.3 is 0 Å². The van der Waals surface area contributed by atoms with Crippen LogP contribution in [0, 0.1) is 0 Å². The summed E-state index contributed by atoms with van der Waals surface area (Å²) >= 11 is 1.06.